The molecule has 17 heavy (non-hydrogen) atoms. The van der Waals surface area contributed by atoms with Gasteiger partial charge in [0.2, 0.25) is 0 Å². The quantitative estimate of drug-likeness (QED) is 0.870. The summed E-state index contributed by atoms with van der Waals surface area (Å²) in [5, 5.41) is 14.2. The van der Waals surface area contributed by atoms with Crippen LogP contribution in [0.4, 0.5) is 0 Å². The van der Waals surface area contributed by atoms with Gasteiger partial charge in [-0.2, -0.15) is 5.10 Å². The maximum absolute atomic E-state index is 10.1. The number of hydrogen-bond acceptors (Lipinski definition) is 3. The number of aliphatic hydroxyl groups excluding tert-OH is 1. The van der Waals surface area contributed by atoms with Gasteiger partial charge in [0.25, 0.3) is 0 Å². The number of aryl methyl sites for hydroxylation is 1. The van der Waals surface area contributed by atoms with Gasteiger partial charge >= 0.3 is 0 Å². The molecule has 1 aromatic rings. The normalized spacial score (nSPS) is 29.5. The predicted octanol–water partition coefficient (Wildman–Crippen LogP) is 1.93. The van der Waals surface area contributed by atoms with E-state index in [4.69, 9.17) is 0 Å². The van der Waals surface area contributed by atoms with Crippen LogP contribution in [0.5, 0.6) is 0 Å². The van der Waals surface area contributed by atoms with Gasteiger partial charge in [0.15, 0.2) is 0 Å². The maximum Gasteiger partial charge on any atom is 0.138 e. The molecule has 0 amide bonds. The zero-order valence-electron chi connectivity index (χ0n) is 10.8. The Morgan fingerprint density at radius 3 is 2.94 bits per heavy atom. The minimum Gasteiger partial charge on any atom is -0.393 e. The molecule has 96 valence electrons. The third-order valence-corrected chi connectivity index (χ3v) is 4.00. The molecule has 4 nitrogen and oxygen atoms in total. The van der Waals surface area contributed by atoms with Gasteiger partial charge in [-0.1, -0.05) is 19.8 Å². The molecule has 3 atom stereocenters. The molecule has 1 aliphatic carbocycles. The molecule has 0 bridgehead atoms. The molecule has 0 aliphatic heterocycles. The second kappa shape index (κ2) is 5.63. The van der Waals surface area contributed by atoms with Gasteiger partial charge in [0, 0.05) is 13.5 Å². The molecule has 0 saturated heterocycles. The fourth-order valence-electron chi connectivity index (χ4n) is 2.97. The lowest BCUT2D eigenvalue weighted by atomic mass is 9.76. The Morgan fingerprint density at radius 1 is 1.47 bits per heavy atom. The Bertz CT molecular complexity index is 350. The summed E-state index contributed by atoms with van der Waals surface area (Å²) in [7, 11) is 1.92. The van der Waals surface area contributed by atoms with Gasteiger partial charge in [-0.25, -0.2) is 4.98 Å². The molecule has 0 radical (unpaired) electrons. The van der Waals surface area contributed by atoms with Crippen molar-refractivity contribution < 1.29 is 5.11 Å². The molecule has 1 heterocycles. The summed E-state index contributed by atoms with van der Waals surface area (Å²) in [6.45, 7) is 2.24. The topological polar surface area (TPSA) is 50.9 Å². The van der Waals surface area contributed by atoms with E-state index in [1.165, 1.54) is 19.3 Å². The SMILES string of the molecule is CCCC1CCC(O)C(Cc2ncnn2C)C1. The standard InChI is InChI=1S/C13H23N3O/c1-3-4-10-5-6-12(17)11(7-10)8-13-14-9-15-16(13)2/h9-12,17H,3-8H2,1-2H3. The van der Waals surface area contributed by atoms with Crippen molar-refractivity contribution in [2.75, 3.05) is 0 Å². The summed E-state index contributed by atoms with van der Waals surface area (Å²) in [6, 6.07) is 0. The lowest BCUT2D eigenvalue weighted by molar-refractivity contribution is 0.0449. The van der Waals surface area contributed by atoms with Crippen molar-refractivity contribution in [3.8, 4) is 0 Å². The molecule has 4 heteroatoms. The average molecular weight is 237 g/mol. The van der Waals surface area contributed by atoms with E-state index in [0.29, 0.717) is 5.92 Å². The second-order valence-corrected chi connectivity index (χ2v) is 5.30. The van der Waals surface area contributed by atoms with Crippen LogP contribution < -0.4 is 0 Å². The third-order valence-electron chi connectivity index (χ3n) is 4.00. The molecule has 1 N–H and O–H groups in total. The number of hydrogen-bond donors (Lipinski definition) is 1. The number of nitrogens with zero attached hydrogens (tertiary/aromatic N) is 3. The van der Waals surface area contributed by atoms with Crippen LogP contribution in [0.2, 0.25) is 0 Å². The van der Waals surface area contributed by atoms with E-state index >= 15 is 0 Å². The maximum atomic E-state index is 10.1. The monoisotopic (exact) mass is 237 g/mol. The molecule has 1 aliphatic rings. The minimum atomic E-state index is -0.153. The van der Waals surface area contributed by atoms with Crippen LogP contribution in [-0.2, 0) is 13.5 Å². The Hall–Kier alpha value is -0.900. The summed E-state index contributed by atoms with van der Waals surface area (Å²) >= 11 is 0. The Kier molecular flexibility index (Phi) is 4.15. The first-order valence-electron chi connectivity index (χ1n) is 6.71. The lowest BCUT2D eigenvalue weighted by Crippen LogP contribution is -2.31. The zero-order chi connectivity index (χ0) is 12.3. The predicted molar refractivity (Wildman–Crippen MR) is 66.5 cm³/mol. The van der Waals surface area contributed by atoms with E-state index in [0.717, 1.165) is 31.0 Å². The van der Waals surface area contributed by atoms with E-state index in [1.807, 2.05) is 11.7 Å². The number of aromatic nitrogens is 3. The van der Waals surface area contributed by atoms with Crippen molar-refractivity contribution in [1.29, 1.82) is 0 Å². The van der Waals surface area contributed by atoms with Gasteiger partial charge in [0.05, 0.1) is 6.10 Å². The van der Waals surface area contributed by atoms with Gasteiger partial charge in [-0.05, 0) is 31.1 Å². The first kappa shape index (κ1) is 12.6. The van der Waals surface area contributed by atoms with Crippen molar-refractivity contribution in [3.05, 3.63) is 12.2 Å². The Labute approximate surface area is 103 Å². The van der Waals surface area contributed by atoms with Crippen molar-refractivity contribution in [3.63, 3.8) is 0 Å². The van der Waals surface area contributed by atoms with E-state index in [1.54, 1.807) is 6.33 Å². The Morgan fingerprint density at radius 2 is 2.29 bits per heavy atom. The molecule has 0 spiro atoms. The number of rotatable bonds is 4. The molecule has 2 rings (SSSR count). The third kappa shape index (κ3) is 3.06. The van der Waals surface area contributed by atoms with Crippen LogP contribution in [0.3, 0.4) is 0 Å². The molecular formula is C13H23N3O. The van der Waals surface area contributed by atoms with Crippen molar-refractivity contribution in [1.82, 2.24) is 14.8 Å². The largest absolute Gasteiger partial charge is 0.393 e. The zero-order valence-corrected chi connectivity index (χ0v) is 10.8. The fraction of sp³-hybridized carbons (Fsp3) is 0.846. The summed E-state index contributed by atoms with van der Waals surface area (Å²) in [5.41, 5.74) is 0. The van der Waals surface area contributed by atoms with E-state index in [2.05, 4.69) is 17.0 Å². The minimum absolute atomic E-state index is 0.153. The Balaban J connectivity index is 1.96. The van der Waals surface area contributed by atoms with E-state index in [9.17, 15) is 5.11 Å². The van der Waals surface area contributed by atoms with Crippen LogP contribution in [0, 0.1) is 11.8 Å². The van der Waals surface area contributed by atoms with Crippen LogP contribution in [0.15, 0.2) is 6.33 Å². The molecule has 1 fully saturated rings. The highest BCUT2D eigenvalue weighted by atomic mass is 16.3. The summed E-state index contributed by atoms with van der Waals surface area (Å²) < 4.78 is 1.82. The lowest BCUT2D eigenvalue weighted by Gasteiger charge is -2.33. The first-order valence-corrected chi connectivity index (χ1v) is 6.71. The first-order chi connectivity index (χ1) is 8.20. The second-order valence-electron chi connectivity index (χ2n) is 5.30. The average Bonchev–Trinajstić information content (AvgIpc) is 2.70. The van der Waals surface area contributed by atoms with Gasteiger partial charge in [-0.3, -0.25) is 4.68 Å². The molecule has 1 saturated carbocycles. The molecule has 3 unspecified atom stereocenters. The smallest absolute Gasteiger partial charge is 0.138 e. The van der Waals surface area contributed by atoms with Crippen LogP contribution in [0.25, 0.3) is 0 Å². The highest BCUT2D eigenvalue weighted by Crippen LogP contribution is 2.33. The summed E-state index contributed by atoms with van der Waals surface area (Å²) in [4.78, 5) is 4.26. The van der Waals surface area contributed by atoms with E-state index < -0.39 is 0 Å². The summed E-state index contributed by atoms with van der Waals surface area (Å²) in [5.74, 6) is 2.15. The fourth-order valence-corrected chi connectivity index (χ4v) is 2.97. The number of aliphatic hydroxyl groups is 1. The molecular weight excluding hydrogens is 214 g/mol. The van der Waals surface area contributed by atoms with Crippen molar-refractivity contribution in [2.24, 2.45) is 18.9 Å². The van der Waals surface area contributed by atoms with Gasteiger partial charge in [0.1, 0.15) is 12.2 Å². The van der Waals surface area contributed by atoms with Crippen LogP contribution in [0.1, 0.15) is 44.9 Å². The van der Waals surface area contributed by atoms with Gasteiger partial charge < -0.3 is 5.11 Å². The molecule has 0 aromatic carbocycles. The highest BCUT2D eigenvalue weighted by Gasteiger charge is 2.29. The van der Waals surface area contributed by atoms with Crippen LogP contribution >= 0.6 is 0 Å². The van der Waals surface area contributed by atoms with Crippen molar-refractivity contribution in [2.45, 2.75) is 51.6 Å². The van der Waals surface area contributed by atoms with E-state index in [-0.39, 0.29) is 6.10 Å². The van der Waals surface area contributed by atoms with Crippen LogP contribution in [-0.4, -0.2) is 26.0 Å². The van der Waals surface area contributed by atoms with Crippen molar-refractivity contribution >= 4 is 0 Å². The summed E-state index contributed by atoms with van der Waals surface area (Å²) in [6.07, 6.45) is 8.12. The van der Waals surface area contributed by atoms with Gasteiger partial charge in [-0.15, -0.1) is 0 Å². The highest BCUT2D eigenvalue weighted by molar-refractivity contribution is 4.91. The molecule has 1 aromatic heterocycles.